The molecule has 0 radical (unpaired) electrons. The number of alkyl halides is 6. The number of carbonyl (C=O) groups excluding carboxylic acids is 4. The highest BCUT2D eigenvalue weighted by molar-refractivity contribution is 6.37. The van der Waals surface area contributed by atoms with Crippen molar-refractivity contribution in [2.45, 2.75) is 44.5 Å². The molecule has 0 atom stereocenters. The van der Waals surface area contributed by atoms with Crippen LogP contribution in [0, 0.1) is 0 Å². The Kier molecular flexibility index (Phi) is 12.1. The molecule has 0 bridgehead atoms. The molecule has 2 saturated heterocycles. The van der Waals surface area contributed by atoms with Gasteiger partial charge in [-0.3, -0.25) is 24.1 Å². The van der Waals surface area contributed by atoms with Crippen molar-refractivity contribution in [2.75, 3.05) is 69.2 Å². The van der Waals surface area contributed by atoms with Gasteiger partial charge in [-0.2, -0.15) is 26.3 Å². The van der Waals surface area contributed by atoms with Crippen LogP contribution in [0.4, 0.5) is 37.7 Å². The Labute approximate surface area is 398 Å². The number of nitrogens with one attached hydrogen (secondary N) is 2. The van der Waals surface area contributed by atoms with Gasteiger partial charge in [-0.05, 0) is 74.2 Å². The van der Waals surface area contributed by atoms with E-state index in [9.17, 15) is 45.5 Å². The van der Waals surface area contributed by atoms with Gasteiger partial charge in [0.05, 0.1) is 22.3 Å². The monoisotopic (exact) mass is 962 g/mol. The fourth-order valence-electron chi connectivity index (χ4n) is 10.3. The minimum atomic E-state index is -4.48. The van der Waals surface area contributed by atoms with Crippen LogP contribution < -0.4 is 9.80 Å². The van der Waals surface area contributed by atoms with Crippen LogP contribution in [0.15, 0.2) is 109 Å². The number of amides is 4. The van der Waals surface area contributed by atoms with Crippen molar-refractivity contribution in [3.8, 4) is 0 Å². The number of carbonyl (C=O) groups is 4. The molecular weight excluding hydrogens is 915 g/mol. The van der Waals surface area contributed by atoms with Crippen LogP contribution in [0.5, 0.6) is 0 Å². The summed E-state index contributed by atoms with van der Waals surface area (Å²) in [4.78, 5) is 69.5. The summed E-state index contributed by atoms with van der Waals surface area (Å²) < 4.78 is 80.9. The molecule has 0 aliphatic carbocycles. The van der Waals surface area contributed by atoms with Crippen molar-refractivity contribution in [1.82, 2.24) is 29.8 Å². The fourth-order valence-corrected chi connectivity index (χ4v) is 10.3. The van der Waals surface area contributed by atoms with E-state index in [2.05, 4.69) is 9.97 Å². The van der Waals surface area contributed by atoms with E-state index in [-0.39, 0.29) is 24.4 Å². The summed E-state index contributed by atoms with van der Waals surface area (Å²) in [5, 5.41) is 4.39. The predicted molar refractivity (Wildman–Crippen MR) is 253 cm³/mol. The third-order valence-corrected chi connectivity index (χ3v) is 13.8. The van der Waals surface area contributed by atoms with E-state index in [0.717, 1.165) is 73.8 Å². The lowest BCUT2D eigenvalue weighted by Gasteiger charge is -2.39. The minimum absolute atomic E-state index is 0.247. The van der Waals surface area contributed by atoms with Crippen LogP contribution >= 0.6 is 0 Å². The van der Waals surface area contributed by atoms with Gasteiger partial charge in [0.1, 0.15) is 5.70 Å². The van der Waals surface area contributed by atoms with Gasteiger partial charge in [0, 0.05) is 121 Å². The summed E-state index contributed by atoms with van der Waals surface area (Å²) in [5.74, 6) is -1.81. The lowest BCUT2D eigenvalue weighted by molar-refractivity contribution is -0.155. The Morgan fingerprint density at radius 3 is 1.56 bits per heavy atom. The van der Waals surface area contributed by atoms with Gasteiger partial charge in [-0.1, -0.05) is 55.0 Å². The van der Waals surface area contributed by atoms with E-state index in [0.29, 0.717) is 93.0 Å². The van der Waals surface area contributed by atoms with Gasteiger partial charge in [0.25, 0.3) is 23.6 Å². The number of para-hydroxylation sites is 2. The third-order valence-electron chi connectivity index (χ3n) is 13.8. The fraction of sp³-hybridized carbons (Fsp3) is 0.308. The molecule has 4 aliphatic heterocycles. The van der Waals surface area contributed by atoms with Crippen LogP contribution in [0.2, 0.25) is 0 Å². The first kappa shape index (κ1) is 46.4. The number of hydrazine groups is 1. The molecule has 18 heteroatoms. The maximum absolute atomic E-state index is 14.2. The van der Waals surface area contributed by atoms with Crippen molar-refractivity contribution < 1.29 is 45.5 Å². The van der Waals surface area contributed by atoms with E-state index < -0.39 is 47.1 Å². The molecule has 12 nitrogen and oxygen atoms in total. The van der Waals surface area contributed by atoms with E-state index in [1.165, 1.54) is 25.3 Å². The Morgan fingerprint density at radius 2 is 1.01 bits per heavy atom. The van der Waals surface area contributed by atoms with Crippen molar-refractivity contribution in [2.24, 2.45) is 0 Å². The summed E-state index contributed by atoms with van der Waals surface area (Å²) in [5.41, 5.74) is 4.75. The highest BCUT2D eigenvalue weighted by atomic mass is 19.4. The molecule has 362 valence electrons. The van der Waals surface area contributed by atoms with Gasteiger partial charge < -0.3 is 24.7 Å². The topological polar surface area (TPSA) is 119 Å². The van der Waals surface area contributed by atoms with E-state index in [1.807, 2.05) is 63.2 Å². The Morgan fingerprint density at radius 1 is 0.529 bits per heavy atom. The highest BCUT2D eigenvalue weighted by Crippen LogP contribution is 2.40. The first-order valence-corrected chi connectivity index (χ1v) is 23.3. The number of likely N-dealkylation sites (N-methyl/N-ethyl adjacent to an activating group) is 1. The number of anilines is 2. The number of benzene rings is 4. The Balaban J connectivity index is 0.831. The second-order valence-electron chi connectivity index (χ2n) is 18.0. The zero-order chi connectivity index (χ0) is 49.1. The maximum atomic E-state index is 14.2. The molecule has 0 saturated carbocycles. The molecule has 10 rings (SSSR count). The first-order chi connectivity index (χ1) is 33.6. The minimum Gasteiger partial charge on any atom is -0.369 e. The number of nitrogens with zero attached hydrogens (tertiary/aromatic N) is 6. The predicted octanol–water partition coefficient (Wildman–Crippen LogP) is 8.66. The Bertz CT molecular complexity index is 3120. The van der Waals surface area contributed by atoms with Crippen molar-refractivity contribution >= 4 is 68.0 Å². The molecule has 2 N–H and O–H groups in total. The molecule has 6 aromatic rings. The zero-order valence-corrected chi connectivity index (χ0v) is 38.1. The van der Waals surface area contributed by atoms with Crippen molar-refractivity contribution in [1.29, 1.82) is 0 Å². The molecule has 2 aromatic heterocycles. The first-order valence-electron chi connectivity index (χ1n) is 23.3. The van der Waals surface area contributed by atoms with Gasteiger partial charge in [-0.15, -0.1) is 0 Å². The number of piperazine rings is 2. The largest absolute Gasteiger partial charge is 0.416 e. The van der Waals surface area contributed by atoms with E-state index in [4.69, 9.17) is 0 Å². The molecule has 0 spiro atoms. The summed E-state index contributed by atoms with van der Waals surface area (Å²) >= 11 is 0. The molecule has 4 amide bonds. The summed E-state index contributed by atoms with van der Waals surface area (Å²) in [6, 6.07) is 25.5. The number of aromatic nitrogens is 2. The smallest absolute Gasteiger partial charge is 0.369 e. The van der Waals surface area contributed by atoms with Crippen molar-refractivity contribution in [3.63, 3.8) is 0 Å². The number of fused-ring (bicyclic) bond motifs is 2. The number of aryl methyl sites for hydroxylation is 2. The number of rotatable bonds is 12. The number of halogens is 6. The number of aromatic amines is 2. The van der Waals surface area contributed by atoms with Crippen LogP contribution in [-0.2, 0) is 44.4 Å². The molecule has 4 aliphatic rings. The Hall–Kier alpha value is -7.34. The van der Waals surface area contributed by atoms with Crippen LogP contribution in [0.1, 0.15) is 52.9 Å². The summed E-state index contributed by atoms with van der Waals surface area (Å²) in [7, 11) is 1.46. The van der Waals surface area contributed by atoms with Crippen LogP contribution in [-0.4, -0.2) is 113 Å². The van der Waals surface area contributed by atoms with Crippen LogP contribution in [0.3, 0.4) is 0 Å². The zero-order valence-electron chi connectivity index (χ0n) is 38.1. The number of unbranched alkanes of at least 4 members (excludes halogenated alkanes) is 2. The molecule has 70 heavy (non-hydrogen) atoms. The average Bonchev–Trinajstić information content (AvgIpc) is 4.06. The average molecular weight is 963 g/mol. The summed E-state index contributed by atoms with van der Waals surface area (Å²) in [6.45, 7) is 2.42. The van der Waals surface area contributed by atoms with Gasteiger partial charge in [0.2, 0.25) is 0 Å². The normalized spacial score (nSPS) is 17.7. The molecule has 2 fully saturated rings. The SMILES string of the molecule is CN1C(=O)C(c2c(CCCCCc3[nH]c4ccccc4c3C3=CC(=O)N(N4CCN(c5cccc(C(F)(F)F)c5)CC4)C3=O)[nH]c3ccccc23)=C(N2CCN(c3cccc(C(F)(F)F)c3)CC2)C1=O. The van der Waals surface area contributed by atoms with Crippen LogP contribution in [0.25, 0.3) is 33.0 Å². The van der Waals surface area contributed by atoms with Gasteiger partial charge in [0.15, 0.2) is 0 Å². The standard InChI is InChI=1S/C52H48F6N8O4/c1-61-49(69)46(47(50(61)70)64-23-21-62(22-24-64)34-13-9-11-32(29-34)51(53,54)55)45-37-16-6-8-18-40(37)60-42(45)20-4-2-3-19-41-44(36-15-5-7-17-39(36)59-41)38-31-43(67)66(48(38)68)65-27-25-63(26-28-65)35-14-10-12-33(30-35)52(56,57)58/h5-18,29-31,59-60H,2-4,19-28H2,1H3. The highest BCUT2D eigenvalue weighted by Gasteiger charge is 2.43. The second-order valence-corrected chi connectivity index (χ2v) is 18.0. The summed E-state index contributed by atoms with van der Waals surface area (Å²) in [6.07, 6.45) is -4.35. The van der Waals surface area contributed by atoms with Crippen molar-refractivity contribution in [3.05, 3.63) is 142 Å². The molecular formula is C52H48F6N8O4. The number of hydrogen-bond acceptors (Lipinski definition) is 8. The molecule has 6 heterocycles. The number of imide groups is 2. The maximum Gasteiger partial charge on any atom is 0.416 e. The lowest BCUT2D eigenvalue weighted by atomic mass is 9.96. The van der Waals surface area contributed by atoms with E-state index >= 15 is 0 Å². The van der Waals surface area contributed by atoms with Gasteiger partial charge >= 0.3 is 12.4 Å². The van der Waals surface area contributed by atoms with Gasteiger partial charge in [-0.25, -0.2) is 10.0 Å². The number of H-pyrrole nitrogens is 2. The molecule has 4 aromatic carbocycles. The second kappa shape index (κ2) is 18.2. The van der Waals surface area contributed by atoms with E-state index in [1.54, 1.807) is 17.1 Å². The number of hydrogen-bond donors (Lipinski definition) is 2. The molecule has 0 unspecified atom stereocenters. The lowest BCUT2D eigenvalue weighted by Crippen LogP contribution is -2.56. The quantitative estimate of drug-likeness (QED) is 0.0712. The third kappa shape index (κ3) is 8.58.